The van der Waals surface area contributed by atoms with E-state index in [1.165, 1.54) is 17.0 Å². The molecule has 2 rings (SSSR count). The molecule has 4 N–H and O–H groups in total. The summed E-state index contributed by atoms with van der Waals surface area (Å²) in [5, 5.41) is 0. The largest absolute Gasteiger partial charge is 0.399 e. The average molecular weight is 273 g/mol. The molecule has 0 saturated carbocycles. The van der Waals surface area contributed by atoms with Crippen molar-refractivity contribution >= 4 is 17.3 Å². The summed E-state index contributed by atoms with van der Waals surface area (Å²) in [6.45, 7) is 0.311. The predicted octanol–water partition coefficient (Wildman–Crippen LogP) is 2.26. The van der Waals surface area contributed by atoms with Gasteiger partial charge in [0.05, 0.1) is 0 Å². The number of hydrogen-bond acceptors (Lipinski definition) is 3. The van der Waals surface area contributed by atoms with E-state index in [4.69, 9.17) is 11.5 Å². The molecule has 20 heavy (non-hydrogen) atoms. The van der Waals surface area contributed by atoms with Crippen LogP contribution in [0.4, 0.5) is 15.8 Å². The lowest BCUT2D eigenvalue weighted by atomic mass is 10.1. The van der Waals surface area contributed by atoms with Gasteiger partial charge in [-0.3, -0.25) is 4.79 Å². The van der Waals surface area contributed by atoms with Gasteiger partial charge in [-0.25, -0.2) is 4.39 Å². The Balaban J connectivity index is 2.16. The average Bonchev–Trinajstić information content (AvgIpc) is 2.36. The Labute approximate surface area is 116 Å². The highest BCUT2D eigenvalue weighted by Gasteiger charge is 2.13. The molecular formula is C15H16FN3O. The maximum atomic E-state index is 13.1. The molecule has 0 spiro atoms. The summed E-state index contributed by atoms with van der Waals surface area (Å²) >= 11 is 0. The van der Waals surface area contributed by atoms with Crippen LogP contribution in [0, 0.1) is 5.82 Å². The minimum absolute atomic E-state index is 0.215. The van der Waals surface area contributed by atoms with Crippen LogP contribution in [0.15, 0.2) is 42.5 Å². The number of anilines is 2. The summed E-state index contributed by atoms with van der Waals surface area (Å²) in [5.74, 6) is -0.537. The highest BCUT2D eigenvalue weighted by molar-refractivity contribution is 5.95. The molecule has 2 aromatic carbocycles. The first-order valence-corrected chi connectivity index (χ1v) is 6.11. The molecule has 0 fully saturated rings. The van der Waals surface area contributed by atoms with Gasteiger partial charge in [-0.1, -0.05) is 12.1 Å². The van der Waals surface area contributed by atoms with Crippen molar-refractivity contribution in [3.05, 3.63) is 59.4 Å². The fourth-order valence-electron chi connectivity index (χ4n) is 2.00. The summed E-state index contributed by atoms with van der Waals surface area (Å²) in [6.07, 6.45) is 0. The smallest absolute Gasteiger partial charge is 0.254 e. The molecule has 5 heteroatoms. The third kappa shape index (κ3) is 3.26. The van der Waals surface area contributed by atoms with E-state index in [1.54, 1.807) is 37.4 Å². The number of halogens is 1. The molecule has 0 saturated heterocycles. The van der Waals surface area contributed by atoms with Crippen molar-refractivity contribution in [2.75, 3.05) is 18.5 Å². The number of benzene rings is 2. The van der Waals surface area contributed by atoms with Crippen molar-refractivity contribution in [1.82, 2.24) is 4.90 Å². The van der Waals surface area contributed by atoms with E-state index in [0.29, 0.717) is 23.5 Å². The molecule has 0 bridgehead atoms. The zero-order valence-electron chi connectivity index (χ0n) is 11.1. The second-order valence-electron chi connectivity index (χ2n) is 4.68. The maximum Gasteiger partial charge on any atom is 0.254 e. The molecule has 0 radical (unpaired) electrons. The van der Waals surface area contributed by atoms with E-state index in [2.05, 4.69) is 0 Å². The van der Waals surface area contributed by atoms with Gasteiger partial charge in [0.15, 0.2) is 0 Å². The highest BCUT2D eigenvalue weighted by Crippen LogP contribution is 2.16. The second kappa shape index (κ2) is 5.61. The van der Waals surface area contributed by atoms with Crippen LogP contribution in [0.25, 0.3) is 0 Å². The van der Waals surface area contributed by atoms with Crippen molar-refractivity contribution < 1.29 is 9.18 Å². The topological polar surface area (TPSA) is 72.3 Å². The van der Waals surface area contributed by atoms with Crippen molar-refractivity contribution in [1.29, 1.82) is 0 Å². The summed E-state index contributed by atoms with van der Waals surface area (Å²) in [4.78, 5) is 13.7. The van der Waals surface area contributed by atoms with Gasteiger partial charge in [0.2, 0.25) is 0 Å². The Morgan fingerprint density at radius 2 is 1.80 bits per heavy atom. The molecule has 4 nitrogen and oxygen atoms in total. The first-order chi connectivity index (χ1) is 9.45. The summed E-state index contributed by atoms with van der Waals surface area (Å²) in [5.41, 5.74) is 13.4. The van der Waals surface area contributed by atoms with Crippen LogP contribution in [0.5, 0.6) is 0 Å². The van der Waals surface area contributed by atoms with E-state index < -0.39 is 0 Å². The zero-order valence-corrected chi connectivity index (χ0v) is 11.1. The fourth-order valence-corrected chi connectivity index (χ4v) is 2.00. The molecule has 0 aliphatic carbocycles. The van der Waals surface area contributed by atoms with Gasteiger partial charge in [-0.2, -0.15) is 0 Å². The SMILES string of the molecule is CN(Cc1cccc(F)c1)C(=O)c1cc(N)cc(N)c1. The van der Waals surface area contributed by atoms with Crippen LogP contribution in [-0.2, 0) is 6.54 Å². The maximum absolute atomic E-state index is 13.1. The molecule has 104 valence electrons. The van der Waals surface area contributed by atoms with Crippen molar-refractivity contribution in [3.63, 3.8) is 0 Å². The van der Waals surface area contributed by atoms with Gasteiger partial charge in [-0.15, -0.1) is 0 Å². The molecule has 1 amide bonds. The number of nitrogen functional groups attached to an aromatic ring is 2. The predicted molar refractivity (Wildman–Crippen MR) is 77.5 cm³/mol. The Bertz CT molecular complexity index is 623. The van der Waals surface area contributed by atoms with Crippen LogP contribution >= 0.6 is 0 Å². The standard InChI is InChI=1S/C15H16FN3O/c1-19(9-10-3-2-4-12(16)5-10)15(20)11-6-13(17)8-14(18)7-11/h2-8H,9,17-18H2,1H3. The number of nitrogens with two attached hydrogens (primary N) is 2. The van der Waals surface area contributed by atoms with Crippen molar-refractivity contribution in [2.24, 2.45) is 0 Å². The van der Waals surface area contributed by atoms with Crippen LogP contribution in [-0.4, -0.2) is 17.9 Å². The van der Waals surface area contributed by atoms with Gasteiger partial charge in [0.25, 0.3) is 5.91 Å². The Morgan fingerprint density at radius 3 is 2.40 bits per heavy atom. The minimum Gasteiger partial charge on any atom is -0.399 e. The summed E-state index contributed by atoms with van der Waals surface area (Å²) < 4.78 is 13.1. The first-order valence-electron chi connectivity index (χ1n) is 6.11. The van der Waals surface area contributed by atoms with E-state index in [-0.39, 0.29) is 11.7 Å². The number of hydrogen-bond donors (Lipinski definition) is 2. The van der Waals surface area contributed by atoms with Crippen LogP contribution in [0.1, 0.15) is 15.9 Å². The van der Waals surface area contributed by atoms with Crippen molar-refractivity contribution in [3.8, 4) is 0 Å². The van der Waals surface area contributed by atoms with Crippen LogP contribution in [0.3, 0.4) is 0 Å². The summed E-state index contributed by atoms with van der Waals surface area (Å²) in [6, 6.07) is 10.9. The third-order valence-electron chi connectivity index (χ3n) is 2.88. The lowest BCUT2D eigenvalue weighted by Gasteiger charge is -2.18. The third-order valence-corrected chi connectivity index (χ3v) is 2.88. The number of carbonyl (C=O) groups is 1. The molecular weight excluding hydrogens is 257 g/mol. The number of carbonyl (C=O) groups excluding carboxylic acids is 1. The van der Waals surface area contributed by atoms with Crippen molar-refractivity contribution in [2.45, 2.75) is 6.54 Å². The minimum atomic E-state index is -0.323. The van der Waals surface area contributed by atoms with E-state index in [1.807, 2.05) is 0 Å². The molecule has 0 heterocycles. The molecule has 0 aliphatic rings. The second-order valence-corrected chi connectivity index (χ2v) is 4.68. The Kier molecular flexibility index (Phi) is 3.89. The van der Waals surface area contributed by atoms with Gasteiger partial charge in [0.1, 0.15) is 5.82 Å². The molecule has 0 aromatic heterocycles. The molecule has 0 unspecified atom stereocenters. The lowest BCUT2D eigenvalue weighted by Crippen LogP contribution is -2.26. The zero-order chi connectivity index (χ0) is 14.7. The summed E-state index contributed by atoms with van der Waals surface area (Å²) in [7, 11) is 1.65. The molecule has 0 aliphatic heterocycles. The monoisotopic (exact) mass is 273 g/mol. The van der Waals surface area contributed by atoms with E-state index in [0.717, 1.165) is 5.56 Å². The van der Waals surface area contributed by atoms with E-state index in [9.17, 15) is 9.18 Å². The Morgan fingerprint density at radius 1 is 1.15 bits per heavy atom. The number of amides is 1. The molecule has 0 atom stereocenters. The first kappa shape index (κ1) is 13.9. The van der Waals surface area contributed by atoms with Gasteiger partial charge < -0.3 is 16.4 Å². The number of nitrogens with zero attached hydrogens (tertiary/aromatic N) is 1. The van der Waals surface area contributed by atoms with Gasteiger partial charge in [0, 0.05) is 30.5 Å². The normalized spacial score (nSPS) is 10.3. The number of rotatable bonds is 3. The van der Waals surface area contributed by atoms with Gasteiger partial charge >= 0.3 is 0 Å². The fraction of sp³-hybridized carbons (Fsp3) is 0.133. The quantitative estimate of drug-likeness (QED) is 0.842. The van der Waals surface area contributed by atoms with Gasteiger partial charge in [-0.05, 0) is 35.9 Å². The lowest BCUT2D eigenvalue weighted by molar-refractivity contribution is 0.0785. The Hall–Kier alpha value is -2.56. The highest BCUT2D eigenvalue weighted by atomic mass is 19.1. The van der Waals surface area contributed by atoms with Crippen LogP contribution < -0.4 is 11.5 Å². The van der Waals surface area contributed by atoms with E-state index >= 15 is 0 Å². The van der Waals surface area contributed by atoms with Crippen LogP contribution in [0.2, 0.25) is 0 Å². The molecule has 2 aromatic rings.